The zero-order valence-electron chi connectivity index (χ0n) is 23.4. The number of benzene rings is 6. The Morgan fingerprint density at radius 2 is 1.05 bits per heavy atom. The molecule has 0 unspecified atom stereocenters. The quantitative estimate of drug-likeness (QED) is 0.207. The van der Waals surface area contributed by atoms with E-state index in [1.165, 1.54) is 31.3 Å². The molecule has 9 aromatic rings. The Kier molecular flexibility index (Phi) is 5.64. The average Bonchev–Trinajstić information content (AvgIpc) is 3.67. The molecule has 5 heteroatoms. The lowest BCUT2D eigenvalue weighted by atomic mass is 9.97. The molecule has 3 heterocycles. The van der Waals surface area contributed by atoms with E-state index in [1.807, 2.05) is 78.1 Å². The first-order chi connectivity index (χ1) is 21.8. The van der Waals surface area contributed by atoms with Crippen molar-refractivity contribution in [1.29, 1.82) is 0 Å². The van der Waals surface area contributed by atoms with Crippen molar-refractivity contribution in [3.63, 3.8) is 0 Å². The molecule has 0 saturated heterocycles. The van der Waals surface area contributed by atoms with Crippen LogP contribution >= 0.6 is 11.3 Å². The molecule has 0 spiro atoms. The smallest absolute Gasteiger partial charge is 0.164 e. The van der Waals surface area contributed by atoms with Crippen molar-refractivity contribution in [2.45, 2.75) is 0 Å². The van der Waals surface area contributed by atoms with Crippen LogP contribution in [0.3, 0.4) is 0 Å². The third kappa shape index (κ3) is 4.02. The van der Waals surface area contributed by atoms with Crippen LogP contribution in [0.25, 0.3) is 87.4 Å². The third-order valence-electron chi connectivity index (χ3n) is 8.15. The van der Waals surface area contributed by atoms with Crippen molar-refractivity contribution < 1.29 is 4.42 Å². The van der Waals surface area contributed by atoms with Crippen molar-refractivity contribution in [3.8, 4) is 45.3 Å². The number of furan rings is 1. The summed E-state index contributed by atoms with van der Waals surface area (Å²) in [5.74, 6) is 1.88. The molecule has 9 rings (SSSR count). The molecule has 0 fully saturated rings. The lowest BCUT2D eigenvalue weighted by Gasteiger charge is -2.08. The molecule has 0 aliphatic rings. The van der Waals surface area contributed by atoms with Gasteiger partial charge >= 0.3 is 0 Å². The van der Waals surface area contributed by atoms with Gasteiger partial charge in [0.05, 0.1) is 0 Å². The molecule has 0 aliphatic heterocycles. The van der Waals surface area contributed by atoms with E-state index in [-0.39, 0.29) is 0 Å². The van der Waals surface area contributed by atoms with E-state index in [0.717, 1.165) is 38.6 Å². The monoisotopic (exact) mass is 581 g/mol. The molecule has 0 N–H and O–H groups in total. The second kappa shape index (κ2) is 9.97. The molecule has 0 saturated carbocycles. The molecule has 0 amide bonds. The van der Waals surface area contributed by atoms with Crippen LogP contribution in [0.2, 0.25) is 0 Å². The van der Waals surface area contributed by atoms with Crippen LogP contribution in [0, 0.1) is 0 Å². The normalized spacial score (nSPS) is 11.6. The number of rotatable bonds is 4. The van der Waals surface area contributed by atoms with Crippen molar-refractivity contribution in [2.75, 3.05) is 0 Å². The SMILES string of the molecule is c1ccc(-c2nc(-c3ccccc3)nc(-c3ccc4c(c3)oc3cccc(-c5cccc6c5sc5ccccc56)c34)n2)cc1. The van der Waals surface area contributed by atoms with Crippen LogP contribution in [0.5, 0.6) is 0 Å². The maximum Gasteiger partial charge on any atom is 0.164 e. The predicted octanol–water partition coefficient (Wildman–Crippen LogP) is 10.8. The lowest BCUT2D eigenvalue weighted by Crippen LogP contribution is -2.00. The molecule has 0 atom stereocenters. The molecular formula is C39H23N3OS. The lowest BCUT2D eigenvalue weighted by molar-refractivity contribution is 0.669. The second-order valence-corrected chi connectivity index (χ2v) is 11.9. The standard InChI is InChI=1S/C39H23N3OS/c1-3-11-24(12-4-1)37-40-38(25-13-5-2-6-14-25)42-39(41-37)26-21-22-31-33(23-26)43-32-19-10-16-28(35(31)32)30-18-9-17-29-27-15-7-8-20-34(27)44-36(29)30/h1-23H. The van der Waals surface area contributed by atoms with Crippen LogP contribution < -0.4 is 0 Å². The Labute approximate surface area is 256 Å². The first-order valence-corrected chi connectivity index (χ1v) is 15.3. The van der Waals surface area contributed by atoms with Gasteiger partial charge in [0.2, 0.25) is 0 Å². The fourth-order valence-corrected chi connectivity index (χ4v) is 7.32. The van der Waals surface area contributed by atoms with Gasteiger partial charge in [-0.2, -0.15) is 0 Å². The molecule has 0 bridgehead atoms. The number of aromatic nitrogens is 3. The Morgan fingerprint density at radius 1 is 0.432 bits per heavy atom. The van der Waals surface area contributed by atoms with Gasteiger partial charge in [-0.05, 0) is 29.8 Å². The van der Waals surface area contributed by atoms with Crippen LogP contribution in [-0.2, 0) is 0 Å². The summed E-state index contributed by atoms with van der Waals surface area (Å²) in [5.41, 5.74) is 6.82. The van der Waals surface area contributed by atoms with Crippen LogP contribution in [0.1, 0.15) is 0 Å². The van der Waals surface area contributed by atoms with Crippen molar-refractivity contribution in [2.24, 2.45) is 0 Å². The van der Waals surface area contributed by atoms with E-state index in [0.29, 0.717) is 17.5 Å². The van der Waals surface area contributed by atoms with E-state index in [2.05, 4.69) is 72.8 Å². The van der Waals surface area contributed by atoms with Crippen LogP contribution in [0.15, 0.2) is 144 Å². The van der Waals surface area contributed by atoms with Gasteiger partial charge in [-0.3, -0.25) is 0 Å². The highest BCUT2D eigenvalue weighted by Gasteiger charge is 2.18. The number of thiophene rings is 1. The fourth-order valence-electron chi connectivity index (χ4n) is 6.09. The van der Waals surface area contributed by atoms with Gasteiger partial charge in [0.15, 0.2) is 17.5 Å². The van der Waals surface area contributed by atoms with Crippen molar-refractivity contribution in [1.82, 2.24) is 15.0 Å². The molecule has 0 radical (unpaired) electrons. The highest BCUT2D eigenvalue weighted by atomic mass is 32.1. The van der Waals surface area contributed by atoms with E-state index < -0.39 is 0 Å². The summed E-state index contributed by atoms with van der Waals surface area (Å²) in [5, 5.41) is 4.77. The summed E-state index contributed by atoms with van der Waals surface area (Å²) in [6, 6.07) is 47.9. The Bertz CT molecular complexity index is 2440. The number of fused-ring (bicyclic) bond motifs is 6. The van der Waals surface area contributed by atoms with E-state index in [1.54, 1.807) is 0 Å². The molecule has 44 heavy (non-hydrogen) atoms. The minimum absolute atomic E-state index is 0.607. The van der Waals surface area contributed by atoms with E-state index in [9.17, 15) is 0 Å². The third-order valence-corrected chi connectivity index (χ3v) is 9.37. The van der Waals surface area contributed by atoms with Crippen LogP contribution in [0.4, 0.5) is 0 Å². The topological polar surface area (TPSA) is 51.8 Å². The molecule has 4 nitrogen and oxygen atoms in total. The first-order valence-electron chi connectivity index (χ1n) is 14.5. The molecular weight excluding hydrogens is 559 g/mol. The zero-order valence-corrected chi connectivity index (χ0v) is 24.3. The minimum atomic E-state index is 0.607. The summed E-state index contributed by atoms with van der Waals surface area (Å²) in [6.45, 7) is 0. The molecule has 206 valence electrons. The Balaban J connectivity index is 1.23. The maximum atomic E-state index is 6.51. The van der Waals surface area contributed by atoms with Gasteiger partial charge in [0.25, 0.3) is 0 Å². The number of nitrogens with zero attached hydrogens (tertiary/aromatic N) is 3. The summed E-state index contributed by atoms with van der Waals surface area (Å²) in [6.07, 6.45) is 0. The molecule has 3 aromatic heterocycles. The summed E-state index contributed by atoms with van der Waals surface area (Å²) in [7, 11) is 0. The summed E-state index contributed by atoms with van der Waals surface area (Å²) < 4.78 is 9.10. The molecule has 0 aliphatic carbocycles. The van der Waals surface area contributed by atoms with Crippen molar-refractivity contribution in [3.05, 3.63) is 140 Å². The van der Waals surface area contributed by atoms with E-state index >= 15 is 0 Å². The summed E-state index contributed by atoms with van der Waals surface area (Å²) >= 11 is 1.85. The maximum absolute atomic E-state index is 6.51. The van der Waals surface area contributed by atoms with Gasteiger partial charge in [-0.1, -0.05) is 115 Å². The van der Waals surface area contributed by atoms with Gasteiger partial charge in [-0.25, -0.2) is 15.0 Å². The van der Waals surface area contributed by atoms with Gasteiger partial charge in [0.1, 0.15) is 11.2 Å². The largest absolute Gasteiger partial charge is 0.456 e. The predicted molar refractivity (Wildman–Crippen MR) is 182 cm³/mol. The van der Waals surface area contributed by atoms with Crippen LogP contribution in [-0.4, -0.2) is 15.0 Å². The second-order valence-electron chi connectivity index (χ2n) is 10.8. The minimum Gasteiger partial charge on any atom is -0.456 e. The van der Waals surface area contributed by atoms with Crippen molar-refractivity contribution >= 4 is 53.4 Å². The Morgan fingerprint density at radius 3 is 1.80 bits per heavy atom. The highest BCUT2D eigenvalue weighted by molar-refractivity contribution is 7.26. The average molecular weight is 582 g/mol. The Hall–Kier alpha value is -5.65. The van der Waals surface area contributed by atoms with Gasteiger partial charge in [-0.15, -0.1) is 11.3 Å². The summed E-state index contributed by atoms with van der Waals surface area (Å²) in [4.78, 5) is 14.7. The van der Waals surface area contributed by atoms with Gasteiger partial charge < -0.3 is 4.42 Å². The number of hydrogen-bond donors (Lipinski definition) is 0. The number of hydrogen-bond acceptors (Lipinski definition) is 5. The highest BCUT2D eigenvalue weighted by Crippen LogP contribution is 2.44. The molecule has 6 aromatic carbocycles. The van der Waals surface area contributed by atoms with E-state index in [4.69, 9.17) is 19.4 Å². The first kappa shape index (κ1) is 24.9. The van der Waals surface area contributed by atoms with Gasteiger partial charge in [0, 0.05) is 53.2 Å². The zero-order chi connectivity index (χ0) is 29.0. The fraction of sp³-hybridized carbons (Fsp3) is 0.